The topological polar surface area (TPSA) is 101 Å². The fraction of sp³-hybridized carbons (Fsp3) is 0.435. The second-order valence-corrected chi connectivity index (χ2v) is 12.0. The molecule has 0 atom stereocenters. The largest absolute Gasteiger partial charge is 0.497 e. The first-order valence-electron chi connectivity index (χ1n) is 10.9. The molecule has 1 aliphatic rings. The monoisotopic (exact) mass is 494 g/mol. The average molecular weight is 495 g/mol. The van der Waals surface area contributed by atoms with Gasteiger partial charge >= 0.3 is 0 Å². The van der Waals surface area contributed by atoms with Gasteiger partial charge in [-0.1, -0.05) is 13.8 Å². The number of ether oxygens (including phenoxy) is 1. The Bertz CT molecular complexity index is 1160. The minimum atomic E-state index is -3.59. The van der Waals surface area contributed by atoms with Crippen molar-refractivity contribution in [1.29, 1.82) is 0 Å². The molecule has 1 heterocycles. The number of hydrogen-bond acceptors (Lipinski definition) is 6. The normalized spacial score (nSPS) is 15.6. The first-order chi connectivity index (χ1) is 15.6. The third-order valence-corrected chi connectivity index (χ3v) is 10.3. The summed E-state index contributed by atoms with van der Waals surface area (Å²) >= 11 is 0. The van der Waals surface area contributed by atoms with Gasteiger partial charge in [-0.05, 0) is 61.4 Å². The maximum Gasteiger partial charge on any atom is 0.253 e. The van der Waals surface area contributed by atoms with Crippen molar-refractivity contribution in [3.05, 3.63) is 54.1 Å². The first-order valence-corrected chi connectivity index (χ1v) is 13.9. The molecule has 2 aromatic carbocycles. The van der Waals surface area contributed by atoms with E-state index in [1.807, 2.05) is 0 Å². The summed E-state index contributed by atoms with van der Waals surface area (Å²) in [6.07, 6.45) is 0.684. The summed E-state index contributed by atoms with van der Waals surface area (Å²) in [7, 11) is -5.57. The van der Waals surface area contributed by atoms with Crippen LogP contribution in [-0.4, -0.2) is 70.5 Å². The van der Waals surface area contributed by atoms with Crippen LogP contribution < -0.4 is 4.74 Å². The molecule has 3 rings (SSSR count). The molecule has 0 radical (unpaired) electrons. The van der Waals surface area contributed by atoms with E-state index in [0.29, 0.717) is 50.3 Å². The Hall–Kier alpha value is -2.43. The first kappa shape index (κ1) is 25.2. The lowest BCUT2D eigenvalue weighted by Crippen LogP contribution is -2.42. The van der Waals surface area contributed by atoms with Gasteiger partial charge in [-0.3, -0.25) is 4.79 Å². The summed E-state index contributed by atoms with van der Waals surface area (Å²) in [5, 5.41) is -0.559. The zero-order valence-electron chi connectivity index (χ0n) is 19.1. The van der Waals surface area contributed by atoms with Crippen LogP contribution in [0.3, 0.4) is 0 Å². The van der Waals surface area contributed by atoms with E-state index in [9.17, 15) is 21.6 Å². The van der Waals surface area contributed by atoms with Gasteiger partial charge in [0.15, 0.2) is 9.84 Å². The number of carbonyl (C=O) groups excluding carboxylic acids is 1. The molecule has 0 unspecified atom stereocenters. The quantitative estimate of drug-likeness (QED) is 0.559. The number of piperidine rings is 1. The Balaban J connectivity index is 1.66. The van der Waals surface area contributed by atoms with Crippen LogP contribution in [0, 0.1) is 0 Å². The second kappa shape index (κ2) is 10.2. The van der Waals surface area contributed by atoms with E-state index in [1.165, 1.54) is 35.7 Å². The molecule has 0 spiro atoms. The van der Waals surface area contributed by atoms with Crippen molar-refractivity contribution in [2.75, 3.05) is 33.3 Å². The van der Waals surface area contributed by atoms with Crippen molar-refractivity contribution in [2.24, 2.45) is 0 Å². The van der Waals surface area contributed by atoms with Gasteiger partial charge in [0.25, 0.3) is 5.91 Å². The van der Waals surface area contributed by atoms with Gasteiger partial charge < -0.3 is 9.64 Å². The van der Waals surface area contributed by atoms with E-state index in [2.05, 4.69) is 0 Å². The van der Waals surface area contributed by atoms with Gasteiger partial charge in [0.05, 0.1) is 22.2 Å². The Kier molecular flexibility index (Phi) is 7.81. The Morgan fingerprint density at radius 2 is 1.42 bits per heavy atom. The van der Waals surface area contributed by atoms with Gasteiger partial charge in [0, 0.05) is 31.7 Å². The fourth-order valence-corrected chi connectivity index (χ4v) is 7.18. The SMILES string of the molecule is CCN(CC)S(=O)(=O)c1ccc(C(=O)N2CCC(S(=O)(=O)c3ccc(OC)cc3)CC2)cc1. The number of sulfone groups is 1. The van der Waals surface area contributed by atoms with E-state index in [4.69, 9.17) is 4.74 Å². The summed E-state index contributed by atoms with van der Waals surface area (Å²) in [5.74, 6) is 0.354. The van der Waals surface area contributed by atoms with Crippen LogP contribution in [0.2, 0.25) is 0 Å². The molecular formula is C23H30N2O6S2. The minimum absolute atomic E-state index is 0.145. The average Bonchev–Trinajstić information content (AvgIpc) is 2.84. The molecule has 8 nitrogen and oxygen atoms in total. The summed E-state index contributed by atoms with van der Waals surface area (Å²) in [5.41, 5.74) is 0.380. The van der Waals surface area contributed by atoms with Crippen molar-refractivity contribution in [3.8, 4) is 5.75 Å². The molecule has 1 saturated heterocycles. The van der Waals surface area contributed by atoms with Crippen molar-refractivity contribution in [1.82, 2.24) is 9.21 Å². The maximum atomic E-state index is 13.0. The Morgan fingerprint density at radius 1 is 0.909 bits per heavy atom. The number of nitrogens with zero attached hydrogens (tertiary/aromatic N) is 2. The van der Waals surface area contributed by atoms with Gasteiger partial charge in [0.1, 0.15) is 5.75 Å². The number of rotatable bonds is 8. The Morgan fingerprint density at radius 3 is 1.91 bits per heavy atom. The summed E-state index contributed by atoms with van der Waals surface area (Å²) < 4.78 is 57.6. The zero-order chi connectivity index (χ0) is 24.2. The van der Waals surface area contributed by atoms with E-state index in [1.54, 1.807) is 43.0 Å². The lowest BCUT2D eigenvalue weighted by atomic mass is 10.1. The van der Waals surface area contributed by atoms with Crippen molar-refractivity contribution in [3.63, 3.8) is 0 Å². The van der Waals surface area contributed by atoms with Crippen LogP contribution in [0.1, 0.15) is 37.0 Å². The highest BCUT2D eigenvalue weighted by atomic mass is 32.2. The smallest absolute Gasteiger partial charge is 0.253 e. The van der Waals surface area contributed by atoms with Crippen molar-refractivity contribution < 1.29 is 26.4 Å². The number of benzene rings is 2. The summed E-state index contributed by atoms with van der Waals surface area (Å²) in [6.45, 7) is 4.92. The number of hydrogen-bond donors (Lipinski definition) is 0. The van der Waals surface area contributed by atoms with Gasteiger partial charge in [0.2, 0.25) is 10.0 Å². The molecule has 0 aliphatic carbocycles. The fourth-order valence-electron chi connectivity index (χ4n) is 3.99. The number of carbonyl (C=O) groups is 1. The molecule has 0 aromatic heterocycles. The maximum absolute atomic E-state index is 13.0. The van der Waals surface area contributed by atoms with E-state index >= 15 is 0 Å². The van der Waals surface area contributed by atoms with Crippen LogP contribution in [0.5, 0.6) is 5.75 Å². The minimum Gasteiger partial charge on any atom is -0.497 e. The highest BCUT2D eigenvalue weighted by Gasteiger charge is 2.33. The van der Waals surface area contributed by atoms with Crippen LogP contribution in [-0.2, 0) is 19.9 Å². The number of methoxy groups -OCH3 is 1. The third-order valence-electron chi connectivity index (χ3n) is 6.00. The van der Waals surface area contributed by atoms with E-state index in [0.717, 1.165) is 0 Å². The lowest BCUT2D eigenvalue weighted by molar-refractivity contribution is 0.0725. The van der Waals surface area contributed by atoms with Crippen molar-refractivity contribution in [2.45, 2.75) is 41.7 Å². The number of amides is 1. The lowest BCUT2D eigenvalue weighted by Gasteiger charge is -2.32. The molecule has 180 valence electrons. The van der Waals surface area contributed by atoms with Gasteiger partial charge in [-0.15, -0.1) is 0 Å². The van der Waals surface area contributed by atoms with Crippen LogP contribution in [0.25, 0.3) is 0 Å². The molecule has 1 aliphatic heterocycles. The molecule has 33 heavy (non-hydrogen) atoms. The number of likely N-dealkylation sites (tertiary alicyclic amines) is 1. The standard InChI is InChI=1S/C23H30N2O6S2/c1-4-25(5-2)33(29,30)22-10-6-18(7-11-22)23(26)24-16-14-21(15-17-24)32(27,28)20-12-8-19(31-3)9-13-20/h6-13,21H,4-5,14-17H2,1-3H3. The second-order valence-electron chi connectivity index (χ2n) is 7.83. The van der Waals surface area contributed by atoms with Gasteiger partial charge in [-0.2, -0.15) is 4.31 Å². The zero-order valence-corrected chi connectivity index (χ0v) is 20.7. The Labute approximate surface area is 196 Å². The predicted molar refractivity (Wildman–Crippen MR) is 126 cm³/mol. The molecule has 0 bridgehead atoms. The van der Waals surface area contributed by atoms with Gasteiger partial charge in [-0.25, -0.2) is 16.8 Å². The van der Waals surface area contributed by atoms with Crippen LogP contribution >= 0.6 is 0 Å². The number of sulfonamides is 1. The van der Waals surface area contributed by atoms with Crippen LogP contribution in [0.15, 0.2) is 58.3 Å². The molecule has 1 fully saturated rings. The van der Waals surface area contributed by atoms with E-state index in [-0.39, 0.29) is 15.7 Å². The molecule has 1 amide bonds. The third kappa shape index (κ3) is 5.23. The van der Waals surface area contributed by atoms with Crippen LogP contribution in [0.4, 0.5) is 0 Å². The summed E-state index contributed by atoms with van der Waals surface area (Å²) in [4.78, 5) is 14.9. The van der Waals surface area contributed by atoms with E-state index < -0.39 is 25.1 Å². The predicted octanol–water partition coefficient (Wildman–Crippen LogP) is 2.80. The molecule has 10 heteroatoms. The molecule has 2 aromatic rings. The highest BCUT2D eigenvalue weighted by Crippen LogP contribution is 2.27. The molecule has 0 N–H and O–H groups in total. The molecular weight excluding hydrogens is 464 g/mol. The summed E-state index contributed by atoms with van der Waals surface area (Å²) in [6, 6.07) is 12.2. The molecule has 0 saturated carbocycles. The van der Waals surface area contributed by atoms with Crippen molar-refractivity contribution >= 4 is 25.8 Å². The highest BCUT2D eigenvalue weighted by molar-refractivity contribution is 7.92.